The molecule has 1 aromatic heterocycles. The molecule has 0 aliphatic rings. The van der Waals surface area contributed by atoms with Gasteiger partial charge in [0.1, 0.15) is 11.5 Å². The number of halogens is 7. The molecule has 0 spiro atoms. The summed E-state index contributed by atoms with van der Waals surface area (Å²) in [5.41, 5.74) is -2.04. The highest BCUT2D eigenvalue weighted by molar-refractivity contribution is 6.31. The Morgan fingerprint density at radius 1 is 0.968 bits per heavy atom. The molecule has 1 amide bonds. The first kappa shape index (κ1) is 22.6. The zero-order valence-corrected chi connectivity index (χ0v) is 16.2. The highest BCUT2D eigenvalue weighted by atomic mass is 35.5. The molecule has 31 heavy (non-hydrogen) atoms. The van der Waals surface area contributed by atoms with Crippen LogP contribution in [0, 0.1) is 5.82 Å². The molecule has 0 aliphatic carbocycles. The highest BCUT2D eigenvalue weighted by Gasteiger charge is 2.38. The quantitative estimate of drug-likeness (QED) is 0.471. The van der Waals surface area contributed by atoms with E-state index >= 15 is 0 Å². The van der Waals surface area contributed by atoms with Gasteiger partial charge < -0.3 is 5.32 Å². The van der Waals surface area contributed by atoms with E-state index in [0.29, 0.717) is 17.2 Å². The standard InChI is InChI=1S/C21H13ClF6N2O/c22-17-9-13(12-5-7-14(23)8-6-12)10-29-18(17)20(24,25)11-30-19(31)15-3-1-2-4-16(15)21(26,27)28/h1-10H,11H2,(H,30,31). The van der Waals surface area contributed by atoms with Gasteiger partial charge in [0.15, 0.2) is 0 Å². The Morgan fingerprint density at radius 2 is 1.61 bits per heavy atom. The van der Waals surface area contributed by atoms with Crippen molar-refractivity contribution in [1.29, 1.82) is 0 Å². The van der Waals surface area contributed by atoms with Crippen LogP contribution in [0.3, 0.4) is 0 Å². The summed E-state index contributed by atoms with van der Waals surface area (Å²) in [6, 6.07) is 10.2. The molecular weight excluding hydrogens is 446 g/mol. The second-order valence-corrected chi connectivity index (χ2v) is 6.90. The van der Waals surface area contributed by atoms with Crippen LogP contribution in [-0.2, 0) is 12.1 Å². The minimum absolute atomic E-state index is 0.354. The summed E-state index contributed by atoms with van der Waals surface area (Å²) >= 11 is 5.93. The third kappa shape index (κ3) is 5.16. The van der Waals surface area contributed by atoms with Crippen LogP contribution in [0.15, 0.2) is 60.8 Å². The SMILES string of the molecule is O=C(NCC(F)(F)c1ncc(-c2ccc(F)cc2)cc1Cl)c1ccccc1C(F)(F)F. The van der Waals surface area contributed by atoms with Gasteiger partial charge in [0, 0.05) is 11.8 Å². The maximum atomic E-state index is 14.6. The van der Waals surface area contributed by atoms with Crippen molar-refractivity contribution in [1.82, 2.24) is 10.3 Å². The Bertz CT molecular complexity index is 1100. The van der Waals surface area contributed by atoms with Gasteiger partial charge in [-0.25, -0.2) is 4.39 Å². The molecule has 0 saturated carbocycles. The second kappa shape index (κ2) is 8.58. The summed E-state index contributed by atoms with van der Waals surface area (Å²) in [6.45, 7) is -1.32. The van der Waals surface area contributed by atoms with Crippen LogP contribution in [0.1, 0.15) is 21.6 Å². The van der Waals surface area contributed by atoms with Crippen molar-refractivity contribution in [3.63, 3.8) is 0 Å². The van der Waals surface area contributed by atoms with E-state index < -0.39 is 52.2 Å². The fourth-order valence-corrected chi connectivity index (χ4v) is 3.11. The molecule has 3 aromatic rings. The number of carbonyl (C=O) groups excluding carboxylic acids is 1. The Morgan fingerprint density at radius 3 is 2.23 bits per heavy atom. The minimum atomic E-state index is -4.82. The number of amides is 1. The predicted octanol–water partition coefficient (Wildman–Crippen LogP) is 6.08. The van der Waals surface area contributed by atoms with Crippen molar-refractivity contribution in [2.75, 3.05) is 6.54 Å². The normalized spacial score (nSPS) is 12.0. The van der Waals surface area contributed by atoms with Crippen molar-refractivity contribution in [3.05, 3.63) is 88.5 Å². The maximum Gasteiger partial charge on any atom is 0.417 e. The van der Waals surface area contributed by atoms with Gasteiger partial charge in [-0.3, -0.25) is 9.78 Å². The average Bonchev–Trinajstić information content (AvgIpc) is 2.71. The van der Waals surface area contributed by atoms with Crippen LogP contribution in [0.4, 0.5) is 26.3 Å². The van der Waals surface area contributed by atoms with Gasteiger partial charge >= 0.3 is 12.1 Å². The maximum absolute atomic E-state index is 14.6. The fraction of sp³-hybridized carbons (Fsp3) is 0.143. The summed E-state index contributed by atoms with van der Waals surface area (Å²) in [5.74, 6) is -5.55. The van der Waals surface area contributed by atoms with E-state index in [9.17, 15) is 31.1 Å². The predicted molar refractivity (Wildman–Crippen MR) is 102 cm³/mol. The minimum Gasteiger partial charge on any atom is -0.346 e. The van der Waals surface area contributed by atoms with E-state index in [1.54, 1.807) is 5.32 Å². The van der Waals surface area contributed by atoms with Crippen molar-refractivity contribution < 1.29 is 31.1 Å². The van der Waals surface area contributed by atoms with E-state index in [-0.39, 0.29) is 0 Å². The average molecular weight is 459 g/mol. The lowest BCUT2D eigenvalue weighted by Gasteiger charge is -2.19. The number of pyridine rings is 1. The summed E-state index contributed by atoms with van der Waals surface area (Å²) in [4.78, 5) is 15.8. The van der Waals surface area contributed by atoms with Gasteiger partial charge in [-0.1, -0.05) is 35.9 Å². The van der Waals surface area contributed by atoms with Crippen molar-refractivity contribution in [3.8, 4) is 11.1 Å². The number of rotatable bonds is 5. The molecule has 1 heterocycles. The topological polar surface area (TPSA) is 42.0 Å². The molecule has 2 aromatic carbocycles. The Kier molecular flexibility index (Phi) is 6.26. The van der Waals surface area contributed by atoms with Gasteiger partial charge in [-0.05, 0) is 35.9 Å². The molecule has 1 N–H and O–H groups in total. The molecule has 0 atom stereocenters. The number of benzene rings is 2. The molecule has 0 unspecified atom stereocenters. The van der Waals surface area contributed by atoms with Crippen LogP contribution in [0.5, 0.6) is 0 Å². The van der Waals surface area contributed by atoms with Gasteiger partial charge in [-0.2, -0.15) is 22.0 Å². The lowest BCUT2D eigenvalue weighted by molar-refractivity contribution is -0.137. The first-order chi connectivity index (χ1) is 14.5. The molecule has 0 radical (unpaired) electrons. The lowest BCUT2D eigenvalue weighted by atomic mass is 10.1. The number of hydrogen-bond donors (Lipinski definition) is 1. The van der Waals surface area contributed by atoms with E-state index in [1.807, 2.05) is 0 Å². The zero-order chi connectivity index (χ0) is 22.8. The fourth-order valence-electron chi connectivity index (χ4n) is 2.81. The number of hydrogen-bond acceptors (Lipinski definition) is 2. The summed E-state index contributed by atoms with van der Waals surface area (Å²) in [5, 5.41) is 1.38. The molecular formula is C21H13ClF6N2O. The van der Waals surface area contributed by atoms with Gasteiger partial charge in [0.25, 0.3) is 5.91 Å². The van der Waals surface area contributed by atoms with Crippen LogP contribution in [0.25, 0.3) is 11.1 Å². The smallest absolute Gasteiger partial charge is 0.346 e. The van der Waals surface area contributed by atoms with E-state index in [1.165, 1.54) is 36.4 Å². The van der Waals surface area contributed by atoms with Crippen molar-refractivity contribution in [2.24, 2.45) is 0 Å². The second-order valence-electron chi connectivity index (χ2n) is 6.49. The monoisotopic (exact) mass is 458 g/mol. The Balaban J connectivity index is 1.78. The first-order valence-electron chi connectivity index (χ1n) is 8.73. The third-order valence-electron chi connectivity index (χ3n) is 4.31. The van der Waals surface area contributed by atoms with E-state index in [4.69, 9.17) is 11.6 Å². The zero-order valence-electron chi connectivity index (χ0n) is 15.5. The van der Waals surface area contributed by atoms with Crippen molar-refractivity contribution >= 4 is 17.5 Å². The highest BCUT2D eigenvalue weighted by Crippen LogP contribution is 2.35. The molecule has 3 rings (SSSR count). The Labute approximate surface area is 177 Å². The molecule has 162 valence electrons. The molecule has 0 bridgehead atoms. The molecule has 0 fully saturated rings. The third-order valence-corrected chi connectivity index (χ3v) is 4.60. The molecule has 10 heteroatoms. The largest absolute Gasteiger partial charge is 0.417 e. The molecule has 0 aliphatic heterocycles. The number of aromatic nitrogens is 1. The van der Waals surface area contributed by atoms with E-state index in [0.717, 1.165) is 18.3 Å². The van der Waals surface area contributed by atoms with Crippen LogP contribution in [-0.4, -0.2) is 17.4 Å². The number of carbonyl (C=O) groups is 1. The number of nitrogens with one attached hydrogen (secondary N) is 1. The van der Waals surface area contributed by atoms with Gasteiger partial charge in [0.2, 0.25) is 0 Å². The molecule has 3 nitrogen and oxygen atoms in total. The van der Waals surface area contributed by atoms with Crippen LogP contribution >= 0.6 is 11.6 Å². The lowest BCUT2D eigenvalue weighted by Crippen LogP contribution is -2.36. The first-order valence-corrected chi connectivity index (χ1v) is 9.11. The Hall–Kier alpha value is -3.07. The van der Waals surface area contributed by atoms with Crippen LogP contribution < -0.4 is 5.32 Å². The molecule has 0 saturated heterocycles. The summed E-state index contributed by atoms with van der Waals surface area (Å²) in [7, 11) is 0. The summed E-state index contributed by atoms with van der Waals surface area (Å²) in [6.07, 6.45) is -3.72. The summed E-state index contributed by atoms with van der Waals surface area (Å²) < 4.78 is 81.3. The number of nitrogens with zero attached hydrogens (tertiary/aromatic N) is 1. The van der Waals surface area contributed by atoms with Gasteiger partial charge in [0.05, 0.1) is 22.7 Å². The van der Waals surface area contributed by atoms with Crippen LogP contribution in [0.2, 0.25) is 5.02 Å². The van der Waals surface area contributed by atoms with Crippen molar-refractivity contribution in [2.45, 2.75) is 12.1 Å². The van der Waals surface area contributed by atoms with E-state index in [2.05, 4.69) is 4.98 Å². The number of alkyl halides is 5. The van der Waals surface area contributed by atoms with Gasteiger partial charge in [-0.15, -0.1) is 0 Å².